The van der Waals surface area contributed by atoms with E-state index in [1.807, 2.05) is 0 Å². The molecule has 6 heteroatoms. The van der Waals surface area contributed by atoms with Crippen molar-refractivity contribution in [2.75, 3.05) is 20.3 Å². The molecule has 0 bridgehead atoms. The average molecular weight is 277 g/mol. The first-order valence-corrected chi connectivity index (χ1v) is 6.19. The van der Waals surface area contributed by atoms with Crippen molar-refractivity contribution in [3.8, 4) is 11.3 Å². The van der Waals surface area contributed by atoms with Gasteiger partial charge >= 0.3 is 0 Å². The van der Waals surface area contributed by atoms with E-state index >= 15 is 0 Å². The van der Waals surface area contributed by atoms with Gasteiger partial charge in [-0.1, -0.05) is 12.1 Å². The fourth-order valence-electron chi connectivity index (χ4n) is 1.84. The van der Waals surface area contributed by atoms with Crippen LogP contribution in [0.1, 0.15) is 10.5 Å². The number of aryl methyl sites for hydroxylation is 1. The van der Waals surface area contributed by atoms with Crippen molar-refractivity contribution in [1.29, 1.82) is 0 Å². The van der Waals surface area contributed by atoms with Crippen molar-refractivity contribution in [2.24, 2.45) is 7.05 Å². The number of carbonyl (C=O) groups excluding carboxylic acids is 1. The molecule has 0 saturated heterocycles. The second-order valence-corrected chi connectivity index (χ2v) is 4.27. The number of hydrogen-bond acceptors (Lipinski definition) is 3. The third-order valence-corrected chi connectivity index (χ3v) is 2.85. The molecule has 1 N–H and O–H groups in total. The Morgan fingerprint density at radius 2 is 2.20 bits per heavy atom. The molecular formula is C14H16FN3O2. The predicted octanol–water partition coefficient (Wildman–Crippen LogP) is 1.60. The molecule has 20 heavy (non-hydrogen) atoms. The van der Waals surface area contributed by atoms with Crippen LogP contribution in [0.15, 0.2) is 30.3 Å². The minimum atomic E-state index is -0.364. The Hall–Kier alpha value is -2.21. The molecule has 5 nitrogen and oxygen atoms in total. The number of nitrogens with zero attached hydrogens (tertiary/aromatic N) is 2. The number of nitrogens with one attached hydrogen (secondary N) is 1. The van der Waals surface area contributed by atoms with Crippen LogP contribution in [-0.2, 0) is 11.8 Å². The highest BCUT2D eigenvalue weighted by Crippen LogP contribution is 2.21. The van der Waals surface area contributed by atoms with Crippen LogP contribution in [-0.4, -0.2) is 35.9 Å². The van der Waals surface area contributed by atoms with E-state index in [1.165, 1.54) is 10.7 Å². The van der Waals surface area contributed by atoms with Crippen LogP contribution in [0.25, 0.3) is 11.3 Å². The third kappa shape index (κ3) is 3.03. The van der Waals surface area contributed by atoms with Crippen molar-refractivity contribution in [2.45, 2.75) is 0 Å². The second kappa shape index (κ2) is 6.29. The molecule has 0 aliphatic heterocycles. The summed E-state index contributed by atoms with van der Waals surface area (Å²) in [4.78, 5) is 11.9. The fraction of sp³-hybridized carbons (Fsp3) is 0.286. The summed E-state index contributed by atoms with van der Waals surface area (Å²) < 4.78 is 20.0. The van der Waals surface area contributed by atoms with Crippen molar-refractivity contribution in [1.82, 2.24) is 15.1 Å². The standard InChI is InChI=1S/C14H16FN3O2/c1-18-13(14(19)16-7-8-20-2)9-12(17-18)10-5-3-4-6-11(10)15/h3-6,9H,7-8H2,1-2H3,(H,16,19). The maximum Gasteiger partial charge on any atom is 0.269 e. The molecule has 0 radical (unpaired) electrons. The van der Waals surface area contributed by atoms with Crippen molar-refractivity contribution < 1.29 is 13.9 Å². The Morgan fingerprint density at radius 3 is 2.90 bits per heavy atom. The van der Waals surface area contributed by atoms with E-state index in [4.69, 9.17) is 4.74 Å². The lowest BCUT2D eigenvalue weighted by atomic mass is 10.1. The highest BCUT2D eigenvalue weighted by molar-refractivity contribution is 5.93. The average Bonchev–Trinajstić information content (AvgIpc) is 2.81. The summed E-state index contributed by atoms with van der Waals surface area (Å²) in [5, 5.41) is 6.88. The van der Waals surface area contributed by atoms with E-state index in [-0.39, 0.29) is 11.7 Å². The number of methoxy groups -OCH3 is 1. The number of benzene rings is 1. The topological polar surface area (TPSA) is 56.1 Å². The molecule has 0 unspecified atom stereocenters. The van der Waals surface area contributed by atoms with Gasteiger partial charge < -0.3 is 10.1 Å². The molecule has 1 aromatic heterocycles. The molecular weight excluding hydrogens is 261 g/mol. The van der Waals surface area contributed by atoms with Gasteiger partial charge in [-0.05, 0) is 18.2 Å². The fourth-order valence-corrected chi connectivity index (χ4v) is 1.84. The molecule has 0 aliphatic rings. The van der Waals surface area contributed by atoms with Gasteiger partial charge in [0.25, 0.3) is 5.91 Å². The summed E-state index contributed by atoms with van der Waals surface area (Å²) >= 11 is 0. The number of halogens is 1. The SMILES string of the molecule is COCCNC(=O)c1cc(-c2ccccc2F)nn1C. The van der Waals surface area contributed by atoms with Crippen LogP contribution in [0.5, 0.6) is 0 Å². The summed E-state index contributed by atoms with van der Waals surface area (Å²) in [5.41, 5.74) is 1.18. The van der Waals surface area contributed by atoms with Crippen LogP contribution >= 0.6 is 0 Å². The quantitative estimate of drug-likeness (QED) is 0.845. The van der Waals surface area contributed by atoms with E-state index < -0.39 is 0 Å². The maximum absolute atomic E-state index is 13.7. The lowest BCUT2D eigenvalue weighted by molar-refractivity contribution is 0.0927. The van der Waals surface area contributed by atoms with Crippen LogP contribution in [0.4, 0.5) is 4.39 Å². The second-order valence-electron chi connectivity index (χ2n) is 4.27. The van der Waals surface area contributed by atoms with Crippen LogP contribution < -0.4 is 5.32 Å². The summed E-state index contributed by atoms with van der Waals surface area (Å²) in [5.74, 6) is -0.628. The minimum Gasteiger partial charge on any atom is -0.383 e. The lowest BCUT2D eigenvalue weighted by Gasteiger charge is -2.03. The van der Waals surface area contributed by atoms with Gasteiger partial charge in [0.15, 0.2) is 0 Å². The van der Waals surface area contributed by atoms with E-state index in [0.717, 1.165) is 0 Å². The number of ether oxygens (including phenoxy) is 1. The Bertz CT molecular complexity index is 610. The summed E-state index contributed by atoms with van der Waals surface area (Å²) in [6.07, 6.45) is 0. The molecule has 0 fully saturated rings. The summed E-state index contributed by atoms with van der Waals surface area (Å²) in [7, 11) is 3.21. The summed E-state index contributed by atoms with van der Waals surface area (Å²) in [6.45, 7) is 0.847. The van der Waals surface area contributed by atoms with E-state index in [0.29, 0.717) is 30.1 Å². The van der Waals surface area contributed by atoms with Gasteiger partial charge in [-0.3, -0.25) is 9.48 Å². The van der Waals surface area contributed by atoms with Gasteiger partial charge in [0.2, 0.25) is 0 Å². The van der Waals surface area contributed by atoms with Crippen LogP contribution in [0, 0.1) is 5.82 Å². The Balaban J connectivity index is 2.22. The molecule has 0 saturated carbocycles. The van der Waals surface area contributed by atoms with Crippen molar-refractivity contribution in [3.63, 3.8) is 0 Å². The van der Waals surface area contributed by atoms with Crippen molar-refractivity contribution >= 4 is 5.91 Å². The molecule has 1 amide bonds. The molecule has 0 spiro atoms. The molecule has 0 aliphatic carbocycles. The summed E-state index contributed by atoms with van der Waals surface area (Å²) in [6, 6.07) is 7.90. The first kappa shape index (κ1) is 14.2. The number of amides is 1. The van der Waals surface area contributed by atoms with Gasteiger partial charge in [-0.2, -0.15) is 5.10 Å². The monoisotopic (exact) mass is 277 g/mol. The predicted molar refractivity (Wildman–Crippen MR) is 72.8 cm³/mol. The van der Waals surface area contributed by atoms with Gasteiger partial charge in [0.1, 0.15) is 11.5 Å². The molecule has 2 rings (SSSR count). The minimum absolute atomic E-state index is 0.264. The zero-order valence-corrected chi connectivity index (χ0v) is 11.4. The molecule has 0 atom stereocenters. The van der Waals surface area contributed by atoms with E-state index in [1.54, 1.807) is 38.4 Å². The highest BCUT2D eigenvalue weighted by Gasteiger charge is 2.15. The van der Waals surface area contributed by atoms with Gasteiger partial charge in [-0.15, -0.1) is 0 Å². The zero-order chi connectivity index (χ0) is 14.5. The third-order valence-electron chi connectivity index (χ3n) is 2.85. The van der Waals surface area contributed by atoms with Gasteiger partial charge in [-0.25, -0.2) is 4.39 Å². The van der Waals surface area contributed by atoms with Crippen LogP contribution in [0.3, 0.4) is 0 Å². The zero-order valence-electron chi connectivity index (χ0n) is 11.4. The Kier molecular flexibility index (Phi) is 4.47. The van der Waals surface area contributed by atoms with Gasteiger partial charge in [0.05, 0.1) is 12.3 Å². The molecule has 2 aromatic rings. The normalized spacial score (nSPS) is 10.6. The maximum atomic E-state index is 13.7. The Labute approximate surface area is 116 Å². The highest BCUT2D eigenvalue weighted by atomic mass is 19.1. The molecule has 106 valence electrons. The first-order valence-electron chi connectivity index (χ1n) is 6.19. The first-order chi connectivity index (χ1) is 9.63. The molecule has 1 aromatic carbocycles. The lowest BCUT2D eigenvalue weighted by Crippen LogP contribution is -2.28. The molecule has 1 heterocycles. The smallest absolute Gasteiger partial charge is 0.269 e. The van der Waals surface area contributed by atoms with Crippen LogP contribution in [0.2, 0.25) is 0 Å². The van der Waals surface area contributed by atoms with E-state index in [2.05, 4.69) is 10.4 Å². The van der Waals surface area contributed by atoms with Gasteiger partial charge in [0, 0.05) is 26.3 Å². The van der Waals surface area contributed by atoms with E-state index in [9.17, 15) is 9.18 Å². The Morgan fingerprint density at radius 1 is 1.45 bits per heavy atom. The number of hydrogen-bond donors (Lipinski definition) is 1. The number of aromatic nitrogens is 2. The number of carbonyl (C=O) groups is 1. The largest absolute Gasteiger partial charge is 0.383 e. The number of rotatable bonds is 5. The van der Waals surface area contributed by atoms with Crippen molar-refractivity contribution in [3.05, 3.63) is 41.8 Å².